The van der Waals surface area contributed by atoms with Gasteiger partial charge < -0.3 is 14.7 Å². The summed E-state index contributed by atoms with van der Waals surface area (Å²) in [6, 6.07) is 4.53. The van der Waals surface area contributed by atoms with Gasteiger partial charge in [-0.1, -0.05) is 0 Å². The Kier molecular flexibility index (Phi) is 4.34. The first-order chi connectivity index (χ1) is 10.1. The number of ether oxygens (including phenoxy) is 1. The number of anilines is 1. The summed E-state index contributed by atoms with van der Waals surface area (Å²) in [5, 5.41) is 8.90. The molecule has 1 fully saturated rings. The molecule has 1 aromatic carbocycles. The van der Waals surface area contributed by atoms with Gasteiger partial charge in [-0.3, -0.25) is 0 Å². The van der Waals surface area contributed by atoms with Crippen LogP contribution >= 0.6 is 0 Å². The Labute approximate surface area is 124 Å². The molecule has 0 aliphatic carbocycles. The zero-order valence-electron chi connectivity index (χ0n) is 11.2. The highest BCUT2D eigenvalue weighted by atomic mass is 32.2. The fourth-order valence-corrected chi connectivity index (χ4v) is 2.80. The number of rotatable bonds is 3. The molecule has 2 N–H and O–H groups in total. The van der Waals surface area contributed by atoms with Crippen LogP contribution in [0.5, 0.6) is 0 Å². The lowest BCUT2D eigenvalue weighted by atomic mass is 10.2. The molecule has 1 aliphatic rings. The van der Waals surface area contributed by atoms with E-state index in [2.05, 4.69) is 0 Å². The highest BCUT2D eigenvalue weighted by Crippen LogP contribution is 2.32. The molecule has 2 atom stereocenters. The molecule has 1 heterocycles. The number of halogens is 3. The second kappa shape index (κ2) is 5.76. The smallest absolute Gasteiger partial charge is 0.479 e. The van der Waals surface area contributed by atoms with Gasteiger partial charge in [0.25, 0.3) is 0 Å². The third-order valence-corrected chi connectivity index (χ3v) is 4.79. The van der Waals surface area contributed by atoms with Gasteiger partial charge in [-0.05, 0) is 24.3 Å². The number of alkyl halides is 3. The Morgan fingerprint density at radius 2 is 1.95 bits per heavy atom. The van der Waals surface area contributed by atoms with Crippen LogP contribution < -0.4 is 4.90 Å². The van der Waals surface area contributed by atoms with E-state index in [0.29, 0.717) is 12.2 Å². The number of aliphatic carboxylic acids is 1. The largest absolute Gasteiger partial charge is 0.483 e. The normalized spacial score (nSPS) is 22.1. The van der Waals surface area contributed by atoms with Crippen LogP contribution in [0.25, 0.3) is 0 Å². The maximum atomic E-state index is 12.6. The first-order valence-electron chi connectivity index (χ1n) is 6.17. The summed E-state index contributed by atoms with van der Waals surface area (Å²) in [6.07, 6.45) is -1.01. The monoisotopic (exact) mass is 338 g/mol. The van der Waals surface area contributed by atoms with Gasteiger partial charge in [-0.25, -0.2) is 13.8 Å². The van der Waals surface area contributed by atoms with E-state index in [1.807, 2.05) is 0 Å². The molecule has 122 valence electrons. The van der Waals surface area contributed by atoms with Crippen LogP contribution in [-0.4, -0.2) is 46.6 Å². The van der Waals surface area contributed by atoms with Gasteiger partial charge >= 0.3 is 11.5 Å². The van der Waals surface area contributed by atoms with E-state index in [0.717, 1.165) is 12.1 Å². The maximum Gasteiger partial charge on any atom is 0.483 e. The van der Waals surface area contributed by atoms with E-state index in [4.69, 9.17) is 14.6 Å². The zero-order valence-corrected chi connectivity index (χ0v) is 12.0. The topological polar surface area (TPSA) is 90.7 Å². The summed E-state index contributed by atoms with van der Waals surface area (Å²) in [4.78, 5) is 11.9. The minimum atomic E-state index is -5.14. The lowest BCUT2D eigenvalue weighted by molar-refractivity contribution is -0.150. The Bertz CT molecular complexity index is 658. The van der Waals surface area contributed by atoms with Gasteiger partial charge in [0.1, 0.15) is 0 Å². The summed E-state index contributed by atoms with van der Waals surface area (Å²) >= 11 is 0. The molecular weight excluding hydrogens is 325 g/mol. The number of hydrogen-bond donors (Lipinski definition) is 2. The Morgan fingerprint density at radius 3 is 2.45 bits per heavy atom. The van der Waals surface area contributed by atoms with Crippen LogP contribution in [0, 0.1) is 4.78 Å². The number of carboxylic acid groups (broad SMARTS) is 1. The van der Waals surface area contributed by atoms with Gasteiger partial charge in [0.15, 0.2) is 15.8 Å². The van der Waals surface area contributed by atoms with Crippen molar-refractivity contribution in [2.75, 3.05) is 24.6 Å². The van der Waals surface area contributed by atoms with Crippen LogP contribution in [0.15, 0.2) is 29.2 Å². The molecule has 1 saturated heterocycles. The number of carbonyl (C=O) groups is 1. The molecular formula is C12H13F3N2O4S. The molecule has 22 heavy (non-hydrogen) atoms. The molecule has 1 aromatic rings. The number of benzene rings is 1. The van der Waals surface area contributed by atoms with Gasteiger partial charge in [0.2, 0.25) is 0 Å². The standard InChI is InChI=1S/C12H13F3N2O4S/c13-12(14,15)22(16,20)9-3-1-8(2-4-9)17-5-6-21-10(7-17)11(18)19/h1-4,10,16H,5-7H2,(H,18,19). The first kappa shape index (κ1) is 16.6. The van der Waals surface area contributed by atoms with Crippen molar-refractivity contribution >= 4 is 21.4 Å². The molecule has 2 unspecified atom stereocenters. The van der Waals surface area contributed by atoms with Crippen molar-refractivity contribution in [3.8, 4) is 0 Å². The molecule has 0 spiro atoms. The minimum Gasteiger partial charge on any atom is -0.479 e. The highest BCUT2D eigenvalue weighted by molar-refractivity contribution is 7.93. The Hall–Kier alpha value is -1.81. The molecule has 0 saturated carbocycles. The van der Waals surface area contributed by atoms with Crippen molar-refractivity contribution in [2.45, 2.75) is 16.5 Å². The number of carboxylic acids is 1. The fraction of sp³-hybridized carbons (Fsp3) is 0.417. The van der Waals surface area contributed by atoms with Gasteiger partial charge in [-0.15, -0.1) is 0 Å². The van der Waals surface area contributed by atoms with Crippen LogP contribution in [-0.2, 0) is 19.3 Å². The number of morpholine rings is 1. The minimum absolute atomic E-state index is 0.0597. The average molecular weight is 338 g/mol. The van der Waals surface area contributed by atoms with E-state index < -0.39 is 32.2 Å². The van der Waals surface area contributed by atoms with Crippen LogP contribution in [0.2, 0.25) is 0 Å². The summed E-state index contributed by atoms with van der Waals surface area (Å²) in [5.41, 5.74) is -4.65. The van der Waals surface area contributed by atoms with Crippen molar-refractivity contribution in [3.05, 3.63) is 24.3 Å². The highest BCUT2D eigenvalue weighted by Gasteiger charge is 2.43. The number of hydrogen-bond acceptors (Lipinski definition) is 5. The molecule has 10 heteroatoms. The van der Waals surface area contributed by atoms with E-state index in [9.17, 15) is 22.2 Å². The fourth-order valence-electron chi connectivity index (χ4n) is 2.02. The molecule has 0 radical (unpaired) electrons. The van der Waals surface area contributed by atoms with Crippen LogP contribution in [0.3, 0.4) is 0 Å². The maximum absolute atomic E-state index is 12.6. The van der Waals surface area contributed by atoms with E-state index in [-0.39, 0.29) is 13.2 Å². The predicted octanol–water partition coefficient (Wildman–Crippen LogP) is 1.90. The summed E-state index contributed by atoms with van der Waals surface area (Å²) in [5.74, 6) is -1.12. The first-order valence-corrected chi connectivity index (χ1v) is 7.73. The van der Waals surface area contributed by atoms with Crippen molar-refractivity contribution in [1.82, 2.24) is 0 Å². The SMILES string of the molecule is N=S(=O)(c1ccc(N2CCOC(C(=O)O)C2)cc1)C(F)(F)F. The molecule has 2 rings (SSSR count). The molecule has 0 aromatic heterocycles. The summed E-state index contributed by atoms with van der Waals surface area (Å²) in [7, 11) is -4.89. The summed E-state index contributed by atoms with van der Waals surface area (Å²) in [6.45, 7) is 0.624. The summed E-state index contributed by atoms with van der Waals surface area (Å²) < 4.78 is 61.2. The van der Waals surface area contributed by atoms with Crippen molar-refractivity contribution in [2.24, 2.45) is 0 Å². The lowest BCUT2D eigenvalue weighted by Gasteiger charge is -2.32. The number of nitrogens with one attached hydrogen (secondary N) is 1. The third kappa shape index (κ3) is 3.17. The average Bonchev–Trinajstić information content (AvgIpc) is 2.46. The molecule has 0 amide bonds. The lowest BCUT2D eigenvalue weighted by Crippen LogP contribution is -2.46. The van der Waals surface area contributed by atoms with Crippen LogP contribution in [0.4, 0.5) is 18.9 Å². The van der Waals surface area contributed by atoms with Gasteiger partial charge in [-0.2, -0.15) is 13.2 Å². The molecule has 0 bridgehead atoms. The van der Waals surface area contributed by atoms with E-state index in [1.165, 1.54) is 12.1 Å². The van der Waals surface area contributed by atoms with Crippen LogP contribution in [0.1, 0.15) is 0 Å². The van der Waals surface area contributed by atoms with Crippen molar-refractivity contribution < 1.29 is 32.0 Å². The van der Waals surface area contributed by atoms with E-state index in [1.54, 1.807) is 4.90 Å². The number of nitrogens with zero attached hydrogens (tertiary/aromatic N) is 1. The predicted molar refractivity (Wildman–Crippen MR) is 71.2 cm³/mol. The molecule has 1 aliphatic heterocycles. The second-order valence-corrected chi connectivity index (χ2v) is 6.69. The Balaban J connectivity index is 2.21. The Morgan fingerprint density at radius 1 is 1.36 bits per heavy atom. The van der Waals surface area contributed by atoms with Gasteiger partial charge in [0.05, 0.1) is 18.0 Å². The third-order valence-electron chi connectivity index (χ3n) is 3.20. The molecule has 6 nitrogen and oxygen atoms in total. The van der Waals surface area contributed by atoms with Crippen molar-refractivity contribution in [1.29, 1.82) is 4.78 Å². The van der Waals surface area contributed by atoms with E-state index >= 15 is 0 Å². The second-order valence-electron chi connectivity index (χ2n) is 4.64. The van der Waals surface area contributed by atoms with Crippen molar-refractivity contribution in [3.63, 3.8) is 0 Å². The van der Waals surface area contributed by atoms with Gasteiger partial charge in [0, 0.05) is 12.2 Å². The quantitative estimate of drug-likeness (QED) is 0.878. The zero-order chi connectivity index (χ0) is 16.5.